The largest absolute Gasteiger partial charge is 0.324 e. The minimum Gasteiger partial charge on any atom is -0.324 e. The van der Waals surface area contributed by atoms with Crippen LogP contribution in [0, 0.1) is 6.92 Å². The fourth-order valence-electron chi connectivity index (χ4n) is 2.48. The zero-order valence-electron chi connectivity index (χ0n) is 13.2. The van der Waals surface area contributed by atoms with Crippen LogP contribution >= 0.6 is 23.4 Å². The Bertz CT molecular complexity index is 929. The van der Waals surface area contributed by atoms with E-state index in [1.807, 2.05) is 6.92 Å². The topological polar surface area (TPSA) is 46.9 Å². The van der Waals surface area contributed by atoms with Crippen LogP contribution in [0.2, 0.25) is 5.02 Å². The number of aromatic nitrogens is 2. The van der Waals surface area contributed by atoms with Gasteiger partial charge in [-0.15, -0.1) is 0 Å². The molecular formula is C17H14ClF2N3OS. The van der Waals surface area contributed by atoms with Gasteiger partial charge >= 0.3 is 0 Å². The van der Waals surface area contributed by atoms with Crippen LogP contribution in [0.25, 0.3) is 11.0 Å². The van der Waals surface area contributed by atoms with Crippen molar-refractivity contribution in [2.45, 2.75) is 24.4 Å². The molecule has 1 amide bonds. The summed E-state index contributed by atoms with van der Waals surface area (Å²) in [6.07, 6.45) is 0. The third-order valence-corrected chi connectivity index (χ3v) is 4.51. The van der Waals surface area contributed by atoms with Gasteiger partial charge in [-0.1, -0.05) is 23.7 Å². The van der Waals surface area contributed by atoms with Gasteiger partial charge in [0.25, 0.3) is 5.76 Å². The highest BCUT2D eigenvalue weighted by Crippen LogP contribution is 2.28. The molecular weight excluding hydrogens is 368 g/mol. The summed E-state index contributed by atoms with van der Waals surface area (Å²) in [4.78, 5) is 16.6. The third kappa shape index (κ3) is 4.11. The fraction of sp³-hybridized carbons (Fsp3) is 0.176. The molecule has 1 heterocycles. The van der Waals surface area contributed by atoms with E-state index in [0.29, 0.717) is 33.5 Å². The first-order chi connectivity index (χ1) is 11.9. The van der Waals surface area contributed by atoms with Gasteiger partial charge in [-0.2, -0.15) is 8.78 Å². The number of fused-ring (bicyclic) bond motifs is 1. The molecule has 0 saturated heterocycles. The first-order valence-corrected chi connectivity index (χ1v) is 8.66. The maximum atomic E-state index is 12.8. The van der Waals surface area contributed by atoms with E-state index in [0.717, 1.165) is 5.56 Å². The Labute approximate surface area is 152 Å². The number of hydrogen-bond donors (Lipinski definition) is 1. The van der Waals surface area contributed by atoms with Crippen molar-refractivity contribution < 1.29 is 13.6 Å². The second-order valence-corrected chi connectivity index (χ2v) is 6.75. The van der Waals surface area contributed by atoms with E-state index in [4.69, 9.17) is 11.6 Å². The SMILES string of the molecule is Cc1cc(Cl)ccc1NC(=O)Cn1c(SC(F)F)nc2ccccc21. The normalized spacial score (nSPS) is 11.2. The maximum Gasteiger partial charge on any atom is 0.291 e. The summed E-state index contributed by atoms with van der Waals surface area (Å²) in [5.74, 6) is -2.94. The molecule has 8 heteroatoms. The summed E-state index contributed by atoms with van der Waals surface area (Å²) >= 11 is 6.23. The van der Waals surface area contributed by atoms with Crippen LogP contribution in [0.15, 0.2) is 47.6 Å². The lowest BCUT2D eigenvalue weighted by atomic mass is 10.2. The van der Waals surface area contributed by atoms with Crippen molar-refractivity contribution in [3.05, 3.63) is 53.1 Å². The number of alkyl halides is 2. The molecule has 0 radical (unpaired) electrons. The van der Waals surface area contributed by atoms with Gasteiger partial charge in [0.1, 0.15) is 6.54 Å². The molecule has 25 heavy (non-hydrogen) atoms. The number of carbonyl (C=O) groups excluding carboxylic acids is 1. The number of benzene rings is 2. The number of nitrogens with zero attached hydrogens (tertiary/aromatic N) is 2. The number of para-hydroxylation sites is 2. The molecule has 0 aliphatic heterocycles. The zero-order valence-corrected chi connectivity index (χ0v) is 14.7. The predicted molar refractivity (Wildman–Crippen MR) is 96.4 cm³/mol. The molecule has 3 rings (SSSR count). The lowest BCUT2D eigenvalue weighted by Gasteiger charge is -2.11. The average molecular weight is 382 g/mol. The molecule has 0 unspecified atom stereocenters. The van der Waals surface area contributed by atoms with Crippen molar-refractivity contribution >= 4 is 46.0 Å². The number of anilines is 1. The second kappa shape index (κ2) is 7.41. The summed E-state index contributed by atoms with van der Waals surface area (Å²) in [6.45, 7) is 1.71. The summed E-state index contributed by atoms with van der Waals surface area (Å²) in [7, 11) is 0. The average Bonchev–Trinajstić information content (AvgIpc) is 2.87. The van der Waals surface area contributed by atoms with E-state index in [1.165, 1.54) is 4.57 Å². The number of carbonyl (C=O) groups is 1. The lowest BCUT2D eigenvalue weighted by Crippen LogP contribution is -2.19. The van der Waals surface area contributed by atoms with E-state index in [2.05, 4.69) is 10.3 Å². The van der Waals surface area contributed by atoms with Crippen LogP contribution in [0.3, 0.4) is 0 Å². The van der Waals surface area contributed by atoms with Gasteiger partial charge in [0.15, 0.2) is 5.16 Å². The number of hydrogen-bond acceptors (Lipinski definition) is 3. The van der Waals surface area contributed by atoms with Crippen molar-refractivity contribution in [1.82, 2.24) is 9.55 Å². The quantitative estimate of drug-likeness (QED) is 0.636. The van der Waals surface area contributed by atoms with Crippen molar-refractivity contribution in [2.24, 2.45) is 0 Å². The van der Waals surface area contributed by atoms with Crippen LogP contribution < -0.4 is 5.32 Å². The van der Waals surface area contributed by atoms with Gasteiger partial charge in [0.05, 0.1) is 11.0 Å². The number of thioether (sulfide) groups is 1. The van der Waals surface area contributed by atoms with Crippen molar-refractivity contribution in [3.63, 3.8) is 0 Å². The Kier molecular flexibility index (Phi) is 5.24. The number of rotatable bonds is 5. The molecule has 2 aromatic carbocycles. The van der Waals surface area contributed by atoms with E-state index < -0.39 is 5.76 Å². The third-order valence-electron chi connectivity index (χ3n) is 3.58. The van der Waals surface area contributed by atoms with Crippen LogP contribution in [0.4, 0.5) is 14.5 Å². The Balaban J connectivity index is 1.87. The lowest BCUT2D eigenvalue weighted by molar-refractivity contribution is -0.116. The highest BCUT2D eigenvalue weighted by molar-refractivity contribution is 7.99. The molecule has 0 aliphatic carbocycles. The fourth-order valence-corrected chi connectivity index (χ4v) is 3.30. The number of amides is 1. The minimum absolute atomic E-state index is 0.110. The molecule has 0 aliphatic rings. The predicted octanol–water partition coefficient (Wildman–Crippen LogP) is 4.95. The molecule has 0 fully saturated rings. The zero-order chi connectivity index (χ0) is 18.0. The Morgan fingerprint density at radius 1 is 1.32 bits per heavy atom. The van der Waals surface area contributed by atoms with Crippen molar-refractivity contribution in [3.8, 4) is 0 Å². The molecule has 4 nitrogen and oxygen atoms in total. The number of halogens is 3. The summed E-state index contributed by atoms with van der Waals surface area (Å²) in [5.41, 5.74) is 2.65. The summed E-state index contributed by atoms with van der Waals surface area (Å²) in [6, 6.07) is 12.1. The number of imidazole rings is 1. The van der Waals surface area contributed by atoms with E-state index in [1.54, 1.807) is 42.5 Å². The van der Waals surface area contributed by atoms with Gasteiger partial charge in [-0.3, -0.25) is 4.79 Å². The first-order valence-electron chi connectivity index (χ1n) is 7.40. The second-order valence-electron chi connectivity index (χ2n) is 5.36. The number of nitrogens with one attached hydrogen (secondary N) is 1. The Morgan fingerprint density at radius 2 is 2.08 bits per heavy atom. The molecule has 0 bridgehead atoms. The maximum absolute atomic E-state index is 12.8. The van der Waals surface area contributed by atoms with Gasteiger partial charge < -0.3 is 9.88 Å². The molecule has 1 aromatic heterocycles. The van der Waals surface area contributed by atoms with Gasteiger partial charge in [0, 0.05) is 10.7 Å². The standard InChI is InChI=1S/C17H14ClF2N3OS/c1-10-8-11(18)6-7-12(10)21-15(24)9-23-14-5-3-2-4-13(14)22-17(23)25-16(19)20/h2-8,16H,9H2,1H3,(H,21,24). The summed E-state index contributed by atoms with van der Waals surface area (Å²) in [5, 5.41) is 3.46. The highest BCUT2D eigenvalue weighted by atomic mass is 35.5. The molecule has 1 N–H and O–H groups in total. The Morgan fingerprint density at radius 3 is 2.80 bits per heavy atom. The molecule has 0 spiro atoms. The van der Waals surface area contributed by atoms with Gasteiger partial charge in [-0.25, -0.2) is 4.98 Å². The smallest absolute Gasteiger partial charge is 0.291 e. The van der Waals surface area contributed by atoms with Crippen LogP contribution in [-0.2, 0) is 11.3 Å². The molecule has 0 saturated carbocycles. The molecule has 0 atom stereocenters. The summed E-state index contributed by atoms with van der Waals surface area (Å²) < 4.78 is 27.1. The van der Waals surface area contributed by atoms with Gasteiger partial charge in [0.2, 0.25) is 5.91 Å². The molecule has 3 aromatic rings. The van der Waals surface area contributed by atoms with E-state index in [9.17, 15) is 13.6 Å². The monoisotopic (exact) mass is 381 g/mol. The highest BCUT2D eigenvalue weighted by Gasteiger charge is 2.18. The van der Waals surface area contributed by atoms with Crippen LogP contribution in [0.5, 0.6) is 0 Å². The van der Waals surface area contributed by atoms with Gasteiger partial charge in [-0.05, 0) is 54.6 Å². The minimum atomic E-state index is -2.61. The van der Waals surface area contributed by atoms with E-state index >= 15 is 0 Å². The number of aryl methyl sites for hydroxylation is 1. The van der Waals surface area contributed by atoms with Crippen molar-refractivity contribution in [1.29, 1.82) is 0 Å². The van der Waals surface area contributed by atoms with Crippen LogP contribution in [0.1, 0.15) is 5.56 Å². The first kappa shape index (κ1) is 17.7. The van der Waals surface area contributed by atoms with Crippen LogP contribution in [-0.4, -0.2) is 21.2 Å². The molecule has 130 valence electrons. The van der Waals surface area contributed by atoms with Crippen molar-refractivity contribution in [2.75, 3.05) is 5.32 Å². The Hall–Kier alpha value is -2.12. The van der Waals surface area contributed by atoms with E-state index in [-0.39, 0.29) is 17.6 Å².